The molecule has 5 nitrogen and oxygen atoms in total. The number of hydrogen-bond acceptors (Lipinski definition) is 3. The Bertz CT molecular complexity index is 247. The third-order valence-electron chi connectivity index (χ3n) is 3.26. The zero-order chi connectivity index (χ0) is 12.7. The van der Waals surface area contributed by atoms with Crippen LogP contribution in [0.15, 0.2) is 0 Å². The summed E-state index contributed by atoms with van der Waals surface area (Å²) in [4.78, 5) is 23.7. The van der Waals surface area contributed by atoms with Crippen LogP contribution in [0.4, 0.5) is 0 Å². The zero-order valence-corrected chi connectivity index (χ0v) is 10.1. The van der Waals surface area contributed by atoms with Crippen LogP contribution in [-0.2, 0) is 9.59 Å². The average molecular weight is 243 g/mol. The van der Waals surface area contributed by atoms with Crippen molar-refractivity contribution in [2.75, 3.05) is 19.6 Å². The van der Waals surface area contributed by atoms with Crippen molar-refractivity contribution in [3.8, 4) is 0 Å². The van der Waals surface area contributed by atoms with Crippen molar-refractivity contribution in [3.05, 3.63) is 0 Å². The van der Waals surface area contributed by atoms with Crippen molar-refractivity contribution in [3.63, 3.8) is 0 Å². The number of rotatable bonds is 7. The Hall–Kier alpha value is -1.10. The summed E-state index contributed by atoms with van der Waals surface area (Å²) in [6.45, 7) is 3.22. The zero-order valence-electron chi connectivity index (χ0n) is 10.1. The van der Waals surface area contributed by atoms with E-state index in [-0.39, 0.29) is 6.42 Å². The molecule has 0 aromatic rings. The Kier molecular flexibility index (Phi) is 5.97. The van der Waals surface area contributed by atoms with Gasteiger partial charge in [0.15, 0.2) is 5.92 Å². The predicted octanol–water partition coefficient (Wildman–Crippen LogP) is 1.43. The second-order valence-corrected chi connectivity index (χ2v) is 4.63. The van der Waals surface area contributed by atoms with Gasteiger partial charge in [-0.3, -0.25) is 9.59 Å². The molecule has 1 aliphatic rings. The van der Waals surface area contributed by atoms with Crippen LogP contribution < -0.4 is 0 Å². The van der Waals surface area contributed by atoms with Crippen molar-refractivity contribution < 1.29 is 19.8 Å². The van der Waals surface area contributed by atoms with Crippen molar-refractivity contribution in [2.24, 2.45) is 5.92 Å². The molecule has 0 spiro atoms. The first kappa shape index (κ1) is 14.0. The maximum atomic E-state index is 10.6. The Morgan fingerprint density at radius 2 is 1.59 bits per heavy atom. The van der Waals surface area contributed by atoms with Crippen molar-refractivity contribution in [1.29, 1.82) is 0 Å². The third-order valence-corrected chi connectivity index (χ3v) is 3.26. The molecule has 5 heteroatoms. The van der Waals surface area contributed by atoms with E-state index in [4.69, 9.17) is 10.2 Å². The van der Waals surface area contributed by atoms with Crippen LogP contribution in [0.5, 0.6) is 0 Å². The van der Waals surface area contributed by atoms with Gasteiger partial charge >= 0.3 is 11.9 Å². The fraction of sp³-hybridized carbons (Fsp3) is 0.833. The van der Waals surface area contributed by atoms with Gasteiger partial charge in [-0.1, -0.05) is 12.8 Å². The molecular formula is C12H21NO4. The maximum Gasteiger partial charge on any atom is 0.317 e. The van der Waals surface area contributed by atoms with Gasteiger partial charge in [0.2, 0.25) is 0 Å². The monoisotopic (exact) mass is 243 g/mol. The van der Waals surface area contributed by atoms with Crippen molar-refractivity contribution in [1.82, 2.24) is 4.90 Å². The minimum absolute atomic E-state index is 0.235. The summed E-state index contributed by atoms with van der Waals surface area (Å²) >= 11 is 0. The van der Waals surface area contributed by atoms with Crippen molar-refractivity contribution >= 4 is 11.9 Å². The van der Waals surface area contributed by atoms with E-state index >= 15 is 0 Å². The Morgan fingerprint density at radius 3 is 2.12 bits per heavy atom. The number of carbonyl (C=O) groups is 2. The molecule has 0 aromatic heterocycles. The Morgan fingerprint density at radius 1 is 1.00 bits per heavy atom. The molecule has 1 rings (SSSR count). The van der Waals surface area contributed by atoms with Gasteiger partial charge in [0.05, 0.1) is 0 Å². The first-order valence-corrected chi connectivity index (χ1v) is 6.29. The third kappa shape index (κ3) is 5.17. The fourth-order valence-corrected chi connectivity index (χ4v) is 2.22. The normalized spacial score (nSPS) is 17.2. The van der Waals surface area contributed by atoms with Crippen molar-refractivity contribution in [2.45, 2.75) is 38.5 Å². The molecule has 0 amide bonds. The van der Waals surface area contributed by atoms with Crippen LogP contribution in [0.2, 0.25) is 0 Å². The molecule has 0 atom stereocenters. The van der Waals surface area contributed by atoms with Gasteiger partial charge in [-0.05, 0) is 45.3 Å². The number of hydrogen-bond donors (Lipinski definition) is 2. The quantitative estimate of drug-likeness (QED) is 0.522. The molecule has 0 unspecified atom stereocenters. The SMILES string of the molecule is O=C(O)C(CCCCN1CCCCC1)C(=O)O. The lowest BCUT2D eigenvalue weighted by atomic mass is 10.0. The molecule has 1 saturated heterocycles. The van der Waals surface area contributed by atoms with E-state index in [2.05, 4.69) is 4.90 Å². The summed E-state index contributed by atoms with van der Waals surface area (Å²) in [6, 6.07) is 0. The number of unbranched alkanes of at least 4 members (excludes halogenated alkanes) is 1. The summed E-state index contributed by atoms with van der Waals surface area (Å²) < 4.78 is 0. The summed E-state index contributed by atoms with van der Waals surface area (Å²) in [5.41, 5.74) is 0. The molecule has 98 valence electrons. The van der Waals surface area contributed by atoms with Crippen LogP contribution >= 0.6 is 0 Å². The molecule has 1 aliphatic heterocycles. The van der Waals surface area contributed by atoms with Gasteiger partial charge in [-0.25, -0.2) is 0 Å². The van der Waals surface area contributed by atoms with E-state index in [1.54, 1.807) is 0 Å². The van der Waals surface area contributed by atoms with E-state index in [0.717, 1.165) is 26.1 Å². The molecule has 0 bridgehead atoms. The minimum Gasteiger partial charge on any atom is -0.481 e. The molecule has 1 heterocycles. The number of piperidine rings is 1. The summed E-state index contributed by atoms with van der Waals surface area (Å²) in [7, 11) is 0. The summed E-state index contributed by atoms with van der Waals surface area (Å²) in [5, 5.41) is 17.4. The largest absolute Gasteiger partial charge is 0.481 e. The van der Waals surface area contributed by atoms with Gasteiger partial charge in [-0.15, -0.1) is 0 Å². The lowest BCUT2D eigenvalue weighted by Crippen LogP contribution is -2.30. The highest BCUT2D eigenvalue weighted by Gasteiger charge is 2.24. The minimum atomic E-state index is -1.24. The maximum absolute atomic E-state index is 10.6. The van der Waals surface area contributed by atoms with Crippen LogP contribution in [0, 0.1) is 5.92 Å². The molecule has 1 fully saturated rings. The van der Waals surface area contributed by atoms with E-state index in [1.807, 2.05) is 0 Å². The second-order valence-electron chi connectivity index (χ2n) is 4.63. The van der Waals surface area contributed by atoms with Crippen LogP contribution in [0.3, 0.4) is 0 Å². The smallest absolute Gasteiger partial charge is 0.317 e. The van der Waals surface area contributed by atoms with Gasteiger partial charge in [-0.2, -0.15) is 0 Å². The number of carboxylic acid groups (broad SMARTS) is 2. The topological polar surface area (TPSA) is 77.8 Å². The van der Waals surface area contributed by atoms with Crippen LogP contribution in [0.25, 0.3) is 0 Å². The highest BCUT2D eigenvalue weighted by atomic mass is 16.4. The number of nitrogens with zero attached hydrogens (tertiary/aromatic N) is 1. The molecule has 0 aromatic carbocycles. The molecule has 2 N–H and O–H groups in total. The lowest BCUT2D eigenvalue weighted by molar-refractivity contribution is -0.154. The summed E-state index contributed by atoms with van der Waals surface area (Å²) in [6.07, 6.45) is 5.58. The van der Waals surface area contributed by atoms with E-state index in [1.165, 1.54) is 19.3 Å². The van der Waals surface area contributed by atoms with Gasteiger partial charge in [0.1, 0.15) is 0 Å². The number of aliphatic carboxylic acids is 2. The predicted molar refractivity (Wildman–Crippen MR) is 62.9 cm³/mol. The molecule has 0 radical (unpaired) electrons. The molecule has 17 heavy (non-hydrogen) atoms. The van der Waals surface area contributed by atoms with Crippen LogP contribution in [0.1, 0.15) is 38.5 Å². The molecular weight excluding hydrogens is 222 g/mol. The molecule has 0 aliphatic carbocycles. The van der Waals surface area contributed by atoms with E-state index in [0.29, 0.717) is 6.42 Å². The van der Waals surface area contributed by atoms with Crippen LogP contribution in [-0.4, -0.2) is 46.7 Å². The highest BCUT2D eigenvalue weighted by molar-refractivity contribution is 5.92. The van der Waals surface area contributed by atoms with Gasteiger partial charge < -0.3 is 15.1 Å². The fourth-order valence-electron chi connectivity index (χ4n) is 2.22. The summed E-state index contributed by atoms with van der Waals surface area (Å²) in [5.74, 6) is -3.69. The standard InChI is InChI=1S/C12H21NO4/c14-11(15)10(12(16)17)6-2-5-9-13-7-3-1-4-8-13/h10H,1-9H2,(H,14,15)(H,16,17). The van der Waals surface area contributed by atoms with E-state index in [9.17, 15) is 9.59 Å². The second kappa shape index (κ2) is 7.27. The average Bonchev–Trinajstić information content (AvgIpc) is 2.29. The lowest BCUT2D eigenvalue weighted by Gasteiger charge is -2.26. The van der Waals surface area contributed by atoms with Gasteiger partial charge in [0, 0.05) is 0 Å². The Labute approximate surface area is 101 Å². The number of likely N-dealkylation sites (tertiary alicyclic amines) is 1. The van der Waals surface area contributed by atoms with E-state index < -0.39 is 17.9 Å². The first-order chi connectivity index (χ1) is 8.11. The highest BCUT2D eigenvalue weighted by Crippen LogP contribution is 2.13. The first-order valence-electron chi connectivity index (χ1n) is 6.29. The number of carboxylic acids is 2. The molecule has 0 saturated carbocycles. The Balaban J connectivity index is 2.13. The van der Waals surface area contributed by atoms with Gasteiger partial charge in [0.25, 0.3) is 0 Å².